The lowest BCUT2D eigenvalue weighted by atomic mass is 9.91. The molecule has 1 saturated heterocycles. The van der Waals surface area contributed by atoms with E-state index in [1.54, 1.807) is 12.1 Å². The monoisotopic (exact) mass is 512 g/mol. The number of rotatable bonds is 6. The molecular weight excluding hydrogens is 489 g/mol. The Morgan fingerprint density at radius 2 is 1.39 bits per heavy atom. The minimum absolute atomic E-state index is 0.0444. The molecule has 1 aliphatic heterocycles. The van der Waals surface area contributed by atoms with Crippen molar-refractivity contribution in [2.75, 3.05) is 6.61 Å². The molecular formula is C27H23F7O2. The molecule has 0 aliphatic carbocycles. The second kappa shape index (κ2) is 10.5. The van der Waals surface area contributed by atoms with Crippen LogP contribution < -0.4 is 4.74 Å². The van der Waals surface area contributed by atoms with Crippen molar-refractivity contribution in [3.8, 4) is 28.0 Å². The van der Waals surface area contributed by atoms with Gasteiger partial charge in [0.25, 0.3) is 0 Å². The fourth-order valence-electron chi connectivity index (χ4n) is 4.53. The molecule has 1 aliphatic rings. The number of hydrogen-bond acceptors (Lipinski definition) is 2. The van der Waals surface area contributed by atoms with Crippen LogP contribution >= 0.6 is 0 Å². The number of benzene rings is 3. The fourth-order valence-corrected chi connectivity index (χ4v) is 4.53. The van der Waals surface area contributed by atoms with Crippen molar-refractivity contribution in [3.63, 3.8) is 0 Å². The third kappa shape index (κ3) is 5.83. The molecule has 36 heavy (non-hydrogen) atoms. The smallest absolute Gasteiger partial charge is 0.399 e. The summed E-state index contributed by atoms with van der Waals surface area (Å²) in [4.78, 5) is 0. The Balaban J connectivity index is 1.56. The first-order valence-corrected chi connectivity index (χ1v) is 11.5. The molecule has 4 rings (SSSR count). The van der Waals surface area contributed by atoms with Gasteiger partial charge in [-0.2, -0.15) is 0 Å². The summed E-state index contributed by atoms with van der Waals surface area (Å²) < 4.78 is 104. The van der Waals surface area contributed by atoms with Crippen LogP contribution in [-0.4, -0.2) is 13.0 Å². The molecule has 2 atom stereocenters. The normalized spacial score (nSPS) is 18.3. The van der Waals surface area contributed by atoms with Gasteiger partial charge in [-0.15, -0.1) is 13.2 Å². The van der Waals surface area contributed by atoms with E-state index in [9.17, 15) is 30.7 Å². The van der Waals surface area contributed by atoms with E-state index in [-0.39, 0.29) is 11.7 Å². The second-order valence-electron chi connectivity index (χ2n) is 8.81. The van der Waals surface area contributed by atoms with Gasteiger partial charge in [-0.3, -0.25) is 0 Å². The van der Waals surface area contributed by atoms with Crippen molar-refractivity contribution in [2.45, 2.75) is 45.1 Å². The summed E-state index contributed by atoms with van der Waals surface area (Å²) in [7, 11) is 0. The van der Waals surface area contributed by atoms with E-state index in [1.165, 1.54) is 0 Å². The van der Waals surface area contributed by atoms with Crippen LogP contribution in [0.2, 0.25) is 0 Å². The molecule has 0 amide bonds. The molecule has 1 fully saturated rings. The Bertz CT molecular complexity index is 1170. The molecule has 192 valence electrons. The highest BCUT2D eigenvalue weighted by molar-refractivity contribution is 5.72. The van der Waals surface area contributed by atoms with Crippen LogP contribution in [0.4, 0.5) is 30.7 Å². The van der Waals surface area contributed by atoms with E-state index >= 15 is 0 Å². The molecule has 0 N–H and O–H groups in total. The molecule has 0 spiro atoms. The largest absolute Gasteiger partial charge is 0.573 e. The Hall–Kier alpha value is -3.07. The lowest BCUT2D eigenvalue weighted by molar-refractivity contribution is -0.276. The van der Waals surface area contributed by atoms with Gasteiger partial charge in [-0.25, -0.2) is 17.6 Å². The number of hydrogen-bond donors (Lipinski definition) is 0. The van der Waals surface area contributed by atoms with Crippen molar-refractivity contribution in [1.29, 1.82) is 0 Å². The molecule has 3 aromatic carbocycles. The van der Waals surface area contributed by atoms with Crippen molar-refractivity contribution in [3.05, 3.63) is 77.4 Å². The fraction of sp³-hybridized carbons (Fsp3) is 0.333. The van der Waals surface area contributed by atoms with Gasteiger partial charge in [0.05, 0.1) is 18.3 Å². The third-order valence-corrected chi connectivity index (χ3v) is 6.23. The van der Waals surface area contributed by atoms with Crippen LogP contribution in [0.5, 0.6) is 5.75 Å². The van der Waals surface area contributed by atoms with Gasteiger partial charge in [0, 0.05) is 0 Å². The van der Waals surface area contributed by atoms with E-state index in [0.29, 0.717) is 30.2 Å². The maximum atomic E-state index is 14.9. The first kappa shape index (κ1) is 26.0. The van der Waals surface area contributed by atoms with E-state index in [4.69, 9.17) is 4.74 Å². The Morgan fingerprint density at radius 3 is 1.89 bits per heavy atom. The summed E-state index contributed by atoms with van der Waals surface area (Å²) in [5.41, 5.74) is 0.273. The maximum absolute atomic E-state index is 14.9. The maximum Gasteiger partial charge on any atom is 0.573 e. The summed E-state index contributed by atoms with van der Waals surface area (Å²) in [6, 6.07) is 9.82. The summed E-state index contributed by atoms with van der Waals surface area (Å²) in [6.07, 6.45) is -1.18. The topological polar surface area (TPSA) is 18.5 Å². The third-order valence-electron chi connectivity index (χ3n) is 6.23. The summed E-state index contributed by atoms with van der Waals surface area (Å²) in [6.45, 7) is 2.84. The minimum atomic E-state index is -5.34. The SMILES string of the molecule is CCCC1CCC(c2ccc(-c3cc(F)c(-c4cc(F)c(OC(F)(F)F)c(F)c4)c(F)c3)cc2)OC1. The van der Waals surface area contributed by atoms with Crippen LogP contribution in [0.25, 0.3) is 22.3 Å². The molecule has 2 nitrogen and oxygen atoms in total. The van der Waals surface area contributed by atoms with Crippen LogP contribution in [0.3, 0.4) is 0 Å². The minimum Gasteiger partial charge on any atom is -0.399 e. The predicted molar refractivity (Wildman–Crippen MR) is 120 cm³/mol. The van der Waals surface area contributed by atoms with Gasteiger partial charge in [-0.1, -0.05) is 37.6 Å². The zero-order valence-electron chi connectivity index (χ0n) is 19.3. The molecule has 0 bridgehead atoms. The van der Waals surface area contributed by atoms with Crippen LogP contribution in [0.1, 0.15) is 44.3 Å². The van der Waals surface area contributed by atoms with E-state index in [2.05, 4.69) is 11.7 Å². The van der Waals surface area contributed by atoms with Gasteiger partial charge in [0.1, 0.15) is 11.6 Å². The second-order valence-corrected chi connectivity index (χ2v) is 8.81. The van der Waals surface area contributed by atoms with E-state index in [0.717, 1.165) is 43.4 Å². The van der Waals surface area contributed by atoms with Gasteiger partial charge < -0.3 is 9.47 Å². The summed E-state index contributed by atoms with van der Waals surface area (Å²) in [5.74, 6) is -6.89. The van der Waals surface area contributed by atoms with Crippen molar-refractivity contribution < 1.29 is 40.2 Å². The van der Waals surface area contributed by atoms with Crippen molar-refractivity contribution >= 4 is 0 Å². The van der Waals surface area contributed by atoms with Gasteiger partial charge in [0.15, 0.2) is 11.6 Å². The average molecular weight is 512 g/mol. The first-order valence-electron chi connectivity index (χ1n) is 11.5. The van der Waals surface area contributed by atoms with E-state index in [1.807, 2.05) is 12.1 Å². The summed E-state index contributed by atoms with van der Waals surface area (Å²) in [5, 5.41) is 0. The molecule has 9 heteroatoms. The number of alkyl halides is 3. The van der Waals surface area contributed by atoms with Gasteiger partial charge >= 0.3 is 6.36 Å². The lowest BCUT2D eigenvalue weighted by Crippen LogP contribution is -2.20. The molecule has 0 radical (unpaired) electrons. The number of ether oxygens (including phenoxy) is 2. The number of halogens is 7. The van der Waals surface area contributed by atoms with Crippen LogP contribution in [-0.2, 0) is 4.74 Å². The molecule has 0 saturated carbocycles. The quantitative estimate of drug-likeness (QED) is 0.308. The molecule has 2 unspecified atom stereocenters. The standard InChI is InChI=1S/C27H23F7O2/c1-2-3-15-4-9-24(35-14-15)17-7-5-16(6-8-17)18-10-20(28)25(21(29)11-18)19-12-22(30)26(23(31)13-19)36-27(32,33)34/h5-8,10-13,15,24H,2-4,9,14H2,1H3. The van der Waals surface area contributed by atoms with Crippen LogP contribution in [0.15, 0.2) is 48.5 Å². The highest BCUT2D eigenvalue weighted by atomic mass is 19.4. The molecule has 3 aromatic rings. The predicted octanol–water partition coefficient (Wildman–Crippen LogP) is 8.74. The zero-order valence-corrected chi connectivity index (χ0v) is 19.3. The zero-order chi connectivity index (χ0) is 26.0. The Kier molecular flexibility index (Phi) is 7.59. The van der Waals surface area contributed by atoms with Gasteiger partial charge in [-0.05, 0) is 71.7 Å². The Labute approximate surface area is 203 Å². The van der Waals surface area contributed by atoms with E-state index < -0.39 is 46.5 Å². The van der Waals surface area contributed by atoms with Crippen molar-refractivity contribution in [1.82, 2.24) is 0 Å². The highest BCUT2D eigenvalue weighted by Gasteiger charge is 2.34. The molecule has 1 heterocycles. The first-order chi connectivity index (χ1) is 17.1. The van der Waals surface area contributed by atoms with Gasteiger partial charge in [0.2, 0.25) is 5.75 Å². The van der Waals surface area contributed by atoms with Crippen LogP contribution in [0, 0.1) is 29.2 Å². The van der Waals surface area contributed by atoms with Crippen molar-refractivity contribution in [2.24, 2.45) is 5.92 Å². The summed E-state index contributed by atoms with van der Waals surface area (Å²) >= 11 is 0. The molecule has 0 aromatic heterocycles. The Morgan fingerprint density at radius 1 is 0.806 bits per heavy atom. The average Bonchev–Trinajstić information content (AvgIpc) is 2.81. The highest BCUT2D eigenvalue weighted by Crippen LogP contribution is 2.37. The lowest BCUT2D eigenvalue weighted by Gasteiger charge is -2.29.